The number of hydrogen-bond donors (Lipinski definition) is 0. The van der Waals surface area contributed by atoms with E-state index in [1.54, 1.807) is 18.4 Å². The molecule has 0 N–H and O–H groups in total. The molecular weight excluding hydrogens is 316 g/mol. The largest absolute Gasteiger partial charge is 0.497 e. The summed E-state index contributed by atoms with van der Waals surface area (Å²) in [6.07, 6.45) is 3.64. The summed E-state index contributed by atoms with van der Waals surface area (Å²) >= 11 is 8.10. The minimum Gasteiger partial charge on any atom is -0.497 e. The molecular formula is C18H17ClO2S. The molecule has 22 heavy (non-hydrogen) atoms. The predicted octanol–water partition coefficient (Wildman–Crippen LogP) is 4.89. The summed E-state index contributed by atoms with van der Waals surface area (Å²) in [5.41, 5.74) is 1.82. The molecule has 1 saturated carbocycles. The van der Waals surface area contributed by atoms with Gasteiger partial charge in [0.05, 0.1) is 7.11 Å². The van der Waals surface area contributed by atoms with Crippen molar-refractivity contribution in [3.8, 4) is 5.75 Å². The standard InChI is InChI=1S/C18H17ClO2S/c1-21-14-7-4-12(5-8-14)11-13-6-9-15(17(19)18(13)20)16-3-2-10-22-16/h2-5,7-8,10-11,15,17H,6,9H2,1H3. The van der Waals surface area contributed by atoms with Gasteiger partial charge in [0.25, 0.3) is 0 Å². The van der Waals surface area contributed by atoms with Crippen molar-refractivity contribution in [1.29, 1.82) is 0 Å². The van der Waals surface area contributed by atoms with Gasteiger partial charge < -0.3 is 4.74 Å². The Morgan fingerprint density at radius 2 is 2.05 bits per heavy atom. The van der Waals surface area contributed by atoms with Gasteiger partial charge in [0.15, 0.2) is 5.78 Å². The Balaban J connectivity index is 1.79. The Morgan fingerprint density at radius 3 is 2.68 bits per heavy atom. The number of benzene rings is 1. The van der Waals surface area contributed by atoms with Crippen LogP contribution in [0.25, 0.3) is 6.08 Å². The van der Waals surface area contributed by atoms with Gasteiger partial charge in [-0.3, -0.25) is 4.79 Å². The Kier molecular flexibility index (Phi) is 4.65. The van der Waals surface area contributed by atoms with Crippen LogP contribution < -0.4 is 4.74 Å². The zero-order chi connectivity index (χ0) is 15.5. The van der Waals surface area contributed by atoms with Crippen molar-refractivity contribution in [2.24, 2.45) is 0 Å². The number of rotatable bonds is 3. The summed E-state index contributed by atoms with van der Waals surface area (Å²) in [5, 5.41) is 1.57. The summed E-state index contributed by atoms with van der Waals surface area (Å²) in [6.45, 7) is 0. The summed E-state index contributed by atoms with van der Waals surface area (Å²) in [7, 11) is 1.64. The molecule has 0 saturated heterocycles. The molecule has 1 aliphatic rings. The first-order chi connectivity index (χ1) is 10.7. The fourth-order valence-electron chi connectivity index (χ4n) is 2.77. The maximum Gasteiger partial charge on any atom is 0.177 e. The zero-order valence-electron chi connectivity index (χ0n) is 12.3. The molecule has 2 nitrogen and oxygen atoms in total. The highest BCUT2D eigenvalue weighted by Crippen LogP contribution is 2.39. The predicted molar refractivity (Wildman–Crippen MR) is 91.9 cm³/mol. The van der Waals surface area contributed by atoms with Crippen LogP contribution >= 0.6 is 22.9 Å². The third-order valence-electron chi connectivity index (χ3n) is 4.01. The maximum absolute atomic E-state index is 12.5. The SMILES string of the molecule is COc1ccc(C=C2CCC(c3cccs3)C(Cl)C2=O)cc1. The number of carbonyl (C=O) groups excluding carboxylic acids is 1. The van der Waals surface area contributed by atoms with Crippen molar-refractivity contribution in [2.45, 2.75) is 24.1 Å². The third-order valence-corrected chi connectivity index (χ3v) is 5.52. The number of carbonyl (C=O) groups is 1. The van der Waals surface area contributed by atoms with E-state index in [2.05, 4.69) is 6.07 Å². The molecule has 2 atom stereocenters. The molecule has 4 heteroatoms. The van der Waals surface area contributed by atoms with Gasteiger partial charge in [-0.2, -0.15) is 0 Å². The lowest BCUT2D eigenvalue weighted by molar-refractivity contribution is -0.116. The first-order valence-electron chi connectivity index (χ1n) is 7.25. The van der Waals surface area contributed by atoms with Crippen molar-refractivity contribution in [1.82, 2.24) is 0 Å². The average Bonchev–Trinajstić information content (AvgIpc) is 3.07. The number of Topliss-reactive ketones (excluding diaryl/α,β-unsaturated/α-hetero) is 1. The number of thiophene rings is 1. The van der Waals surface area contributed by atoms with E-state index in [1.807, 2.05) is 41.8 Å². The molecule has 0 spiro atoms. The molecule has 0 aliphatic heterocycles. The van der Waals surface area contributed by atoms with Gasteiger partial charge >= 0.3 is 0 Å². The van der Waals surface area contributed by atoms with Crippen LogP contribution in [-0.2, 0) is 4.79 Å². The molecule has 0 amide bonds. The average molecular weight is 333 g/mol. The number of methoxy groups -OCH3 is 1. The molecule has 1 heterocycles. The van der Waals surface area contributed by atoms with Gasteiger partial charge in [0.1, 0.15) is 11.1 Å². The van der Waals surface area contributed by atoms with Gasteiger partial charge in [-0.15, -0.1) is 22.9 Å². The van der Waals surface area contributed by atoms with Crippen molar-refractivity contribution >= 4 is 34.8 Å². The number of halogens is 1. The van der Waals surface area contributed by atoms with Crippen LogP contribution in [0.2, 0.25) is 0 Å². The number of ketones is 1. The van der Waals surface area contributed by atoms with Gasteiger partial charge in [0.2, 0.25) is 0 Å². The second-order valence-corrected chi connectivity index (χ2v) is 6.82. The maximum atomic E-state index is 12.5. The lowest BCUT2D eigenvalue weighted by Crippen LogP contribution is -2.29. The van der Waals surface area contributed by atoms with Crippen LogP contribution in [0.3, 0.4) is 0 Å². The van der Waals surface area contributed by atoms with E-state index >= 15 is 0 Å². The van der Waals surface area contributed by atoms with E-state index in [0.717, 1.165) is 29.7 Å². The highest BCUT2D eigenvalue weighted by Gasteiger charge is 2.34. The molecule has 1 aliphatic carbocycles. The van der Waals surface area contributed by atoms with Gasteiger partial charge in [0, 0.05) is 10.8 Å². The van der Waals surface area contributed by atoms with Crippen LogP contribution in [0.5, 0.6) is 5.75 Å². The van der Waals surface area contributed by atoms with E-state index in [9.17, 15) is 4.79 Å². The van der Waals surface area contributed by atoms with E-state index in [4.69, 9.17) is 16.3 Å². The molecule has 0 radical (unpaired) electrons. The van der Waals surface area contributed by atoms with Crippen LogP contribution in [0, 0.1) is 0 Å². The Labute approximate surface area is 139 Å². The van der Waals surface area contributed by atoms with Crippen molar-refractivity contribution in [2.75, 3.05) is 7.11 Å². The minimum atomic E-state index is -0.461. The fraction of sp³-hybridized carbons (Fsp3) is 0.278. The molecule has 114 valence electrons. The van der Waals surface area contributed by atoms with E-state index in [1.165, 1.54) is 4.88 Å². The second kappa shape index (κ2) is 6.67. The molecule has 1 aromatic carbocycles. The summed E-state index contributed by atoms with van der Waals surface area (Å²) < 4.78 is 5.15. The van der Waals surface area contributed by atoms with Crippen LogP contribution in [0.4, 0.5) is 0 Å². The minimum absolute atomic E-state index is 0.0575. The highest BCUT2D eigenvalue weighted by molar-refractivity contribution is 7.10. The Bertz CT molecular complexity index is 674. The first-order valence-corrected chi connectivity index (χ1v) is 8.57. The molecule has 1 aromatic heterocycles. The van der Waals surface area contributed by atoms with Gasteiger partial charge in [-0.1, -0.05) is 18.2 Å². The third kappa shape index (κ3) is 3.11. The molecule has 3 rings (SSSR count). The monoisotopic (exact) mass is 332 g/mol. The summed E-state index contributed by atoms with van der Waals surface area (Å²) in [4.78, 5) is 13.7. The first kappa shape index (κ1) is 15.3. The van der Waals surface area contributed by atoms with Gasteiger partial charge in [-0.05, 0) is 53.6 Å². The molecule has 1 fully saturated rings. The summed E-state index contributed by atoms with van der Waals surface area (Å²) in [5.74, 6) is 1.01. The van der Waals surface area contributed by atoms with E-state index in [0.29, 0.717) is 0 Å². The number of allylic oxidation sites excluding steroid dienone is 1. The van der Waals surface area contributed by atoms with E-state index < -0.39 is 5.38 Å². The van der Waals surface area contributed by atoms with Crippen LogP contribution in [0.1, 0.15) is 29.2 Å². The number of hydrogen-bond acceptors (Lipinski definition) is 3. The smallest absolute Gasteiger partial charge is 0.177 e. The lowest BCUT2D eigenvalue weighted by atomic mass is 9.83. The normalized spacial score (nSPS) is 23.7. The Hall–Kier alpha value is -1.58. The summed E-state index contributed by atoms with van der Waals surface area (Å²) in [6, 6.07) is 11.8. The zero-order valence-corrected chi connectivity index (χ0v) is 13.9. The quantitative estimate of drug-likeness (QED) is 0.590. The van der Waals surface area contributed by atoms with E-state index in [-0.39, 0.29) is 11.7 Å². The highest BCUT2D eigenvalue weighted by atomic mass is 35.5. The van der Waals surface area contributed by atoms with Crippen molar-refractivity contribution in [3.63, 3.8) is 0 Å². The van der Waals surface area contributed by atoms with Gasteiger partial charge in [-0.25, -0.2) is 0 Å². The van der Waals surface area contributed by atoms with Crippen molar-refractivity contribution < 1.29 is 9.53 Å². The molecule has 2 aromatic rings. The lowest BCUT2D eigenvalue weighted by Gasteiger charge is -2.27. The fourth-order valence-corrected chi connectivity index (χ4v) is 4.15. The Morgan fingerprint density at radius 1 is 1.27 bits per heavy atom. The van der Waals surface area contributed by atoms with Crippen molar-refractivity contribution in [3.05, 3.63) is 57.8 Å². The number of alkyl halides is 1. The molecule has 0 bridgehead atoms. The molecule has 2 unspecified atom stereocenters. The van der Waals surface area contributed by atoms with Crippen LogP contribution in [0.15, 0.2) is 47.4 Å². The topological polar surface area (TPSA) is 26.3 Å². The second-order valence-electron chi connectivity index (χ2n) is 5.37. The van der Waals surface area contributed by atoms with Crippen LogP contribution in [-0.4, -0.2) is 18.3 Å². The number of ether oxygens (including phenoxy) is 1.